The summed E-state index contributed by atoms with van der Waals surface area (Å²) >= 11 is 3.48. The van der Waals surface area contributed by atoms with Crippen molar-refractivity contribution < 1.29 is 24.0 Å². The Morgan fingerprint density at radius 3 is 2.71 bits per heavy atom. The third-order valence-electron chi connectivity index (χ3n) is 7.57. The lowest BCUT2D eigenvalue weighted by Gasteiger charge is -2.36. The van der Waals surface area contributed by atoms with Crippen LogP contribution in [0.4, 0.5) is 17.1 Å². The fraction of sp³-hybridized carbons (Fsp3) is 0.348. The second kappa shape index (κ2) is 7.09. The molecule has 1 spiro atoms. The van der Waals surface area contributed by atoms with E-state index in [2.05, 4.69) is 21.2 Å². The molecule has 0 aliphatic carbocycles. The molecule has 4 aliphatic rings. The van der Waals surface area contributed by atoms with Crippen LogP contribution in [-0.2, 0) is 19.9 Å². The standard InChI is InChI=1S/C23H19BrN4O6/c1-34-17-7-5-12(28(32)33)10-16(17)27-20(29)18-15-3-2-8-26(15)23(19(18)21(27)30)13-9-11(24)4-6-14(13)25-22(23)31/h4-7,9-10,15,18-19H,2-3,8H2,1H3,(H,25,31)/t15-,18+,19+,23-/m0/s1. The number of ether oxygens (including phenoxy) is 1. The highest BCUT2D eigenvalue weighted by Crippen LogP contribution is 2.61. The second-order valence-electron chi connectivity index (χ2n) is 8.94. The summed E-state index contributed by atoms with van der Waals surface area (Å²) in [5.41, 5.74) is -0.279. The van der Waals surface area contributed by atoms with Crippen molar-refractivity contribution in [3.05, 3.63) is 56.5 Å². The van der Waals surface area contributed by atoms with Gasteiger partial charge in [0.25, 0.3) is 5.69 Å². The van der Waals surface area contributed by atoms with Crippen molar-refractivity contribution in [2.75, 3.05) is 23.9 Å². The van der Waals surface area contributed by atoms with Crippen LogP contribution in [0.2, 0.25) is 0 Å². The van der Waals surface area contributed by atoms with E-state index in [0.717, 1.165) is 15.8 Å². The number of rotatable bonds is 3. The van der Waals surface area contributed by atoms with Crippen LogP contribution in [0, 0.1) is 22.0 Å². The van der Waals surface area contributed by atoms with E-state index < -0.39 is 34.1 Å². The summed E-state index contributed by atoms with van der Waals surface area (Å²) in [6.45, 7) is 0.595. The van der Waals surface area contributed by atoms with E-state index >= 15 is 0 Å². The van der Waals surface area contributed by atoms with Crippen LogP contribution in [0.25, 0.3) is 0 Å². The Balaban J connectivity index is 1.56. The summed E-state index contributed by atoms with van der Waals surface area (Å²) in [6.07, 6.45) is 1.48. The molecule has 0 bridgehead atoms. The molecule has 6 rings (SSSR count). The van der Waals surface area contributed by atoms with Gasteiger partial charge < -0.3 is 10.1 Å². The quantitative estimate of drug-likeness (QED) is 0.370. The molecular weight excluding hydrogens is 508 g/mol. The van der Waals surface area contributed by atoms with Crippen molar-refractivity contribution in [3.63, 3.8) is 0 Å². The van der Waals surface area contributed by atoms with Gasteiger partial charge in [0.15, 0.2) is 0 Å². The van der Waals surface area contributed by atoms with Crippen LogP contribution in [0.15, 0.2) is 40.9 Å². The predicted octanol–water partition coefficient (Wildman–Crippen LogP) is 2.80. The molecule has 3 amide bonds. The molecule has 174 valence electrons. The number of methoxy groups -OCH3 is 1. The van der Waals surface area contributed by atoms with Crippen LogP contribution >= 0.6 is 15.9 Å². The lowest BCUT2D eigenvalue weighted by Crippen LogP contribution is -2.54. The van der Waals surface area contributed by atoms with E-state index in [-0.39, 0.29) is 29.1 Å². The summed E-state index contributed by atoms with van der Waals surface area (Å²) in [7, 11) is 1.37. The summed E-state index contributed by atoms with van der Waals surface area (Å²) in [4.78, 5) is 55.3. The minimum Gasteiger partial charge on any atom is -0.495 e. The molecule has 0 unspecified atom stereocenters. The molecule has 10 nitrogen and oxygen atoms in total. The van der Waals surface area contributed by atoms with Gasteiger partial charge in [-0.25, -0.2) is 4.90 Å². The normalized spacial score (nSPS) is 29.4. The number of anilines is 2. The molecule has 2 aromatic carbocycles. The Bertz CT molecular complexity index is 1310. The Hall–Kier alpha value is -3.31. The minimum atomic E-state index is -1.32. The molecule has 3 fully saturated rings. The highest BCUT2D eigenvalue weighted by atomic mass is 79.9. The zero-order chi connectivity index (χ0) is 23.9. The summed E-state index contributed by atoms with van der Waals surface area (Å²) in [6, 6.07) is 8.95. The average Bonchev–Trinajstić information content (AvgIpc) is 3.52. The molecule has 1 N–H and O–H groups in total. The number of carbonyl (C=O) groups excluding carboxylic acids is 3. The van der Waals surface area contributed by atoms with Gasteiger partial charge >= 0.3 is 0 Å². The van der Waals surface area contributed by atoms with E-state index in [1.807, 2.05) is 17.0 Å². The number of amides is 3. The molecular formula is C23H19BrN4O6. The number of non-ortho nitro benzene ring substituents is 1. The average molecular weight is 527 g/mol. The van der Waals surface area contributed by atoms with Crippen molar-refractivity contribution in [3.8, 4) is 5.75 Å². The van der Waals surface area contributed by atoms with Crippen LogP contribution in [0.3, 0.4) is 0 Å². The number of nitro benzene ring substituents is 1. The Kier molecular flexibility index (Phi) is 4.43. The second-order valence-corrected chi connectivity index (χ2v) is 9.86. The van der Waals surface area contributed by atoms with Crippen LogP contribution in [0.5, 0.6) is 5.75 Å². The first-order valence-electron chi connectivity index (χ1n) is 10.9. The van der Waals surface area contributed by atoms with Gasteiger partial charge in [0.1, 0.15) is 17.0 Å². The molecule has 34 heavy (non-hydrogen) atoms. The van der Waals surface area contributed by atoms with Crippen molar-refractivity contribution in [2.24, 2.45) is 11.8 Å². The first-order valence-corrected chi connectivity index (χ1v) is 11.7. The van der Waals surface area contributed by atoms with Gasteiger partial charge in [0.05, 0.1) is 23.9 Å². The van der Waals surface area contributed by atoms with Crippen molar-refractivity contribution >= 4 is 50.7 Å². The number of hydrogen-bond donors (Lipinski definition) is 1. The third-order valence-corrected chi connectivity index (χ3v) is 8.06. The lowest BCUT2D eigenvalue weighted by molar-refractivity contribution is -0.384. The van der Waals surface area contributed by atoms with Gasteiger partial charge in [-0.15, -0.1) is 0 Å². The van der Waals surface area contributed by atoms with Crippen LogP contribution in [0.1, 0.15) is 18.4 Å². The third kappa shape index (κ3) is 2.45. The fourth-order valence-corrected chi connectivity index (χ4v) is 6.74. The number of fused-ring (bicyclic) bond motifs is 7. The predicted molar refractivity (Wildman–Crippen MR) is 123 cm³/mol. The van der Waals surface area contributed by atoms with Crippen molar-refractivity contribution in [1.82, 2.24) is 4.90 Å². The zero-order valence-electron chi connectivity index (χ0n) is 18.0. The number of hydrogen-bond acceptors (Lipinski definition) is 7. The Morgan fingerprint density at radius 1 is 1.18 bits per heavy atom. The maximum absolute atomic E-state index is 14.0. The maximum atomic E-state index is 14.0. The summed E-state index contributed by atoms with van der Waals surface area (Å²) in [5.74, 6) is -2.86. The monoisotopic (exact) mass is 526 g/mol. The minimum absolute atomic E-state index is 0.0219. The molecule has 0 radical (unpaired) electrons. The molecule has 4 heterocycles. The van der Waals surface area contributed by atoms with E-state index in [9.17, 15) is 24.5 Å². The van der Waals surface area contributed by atoms with Gasteiger partial charge in [-0.2, -0.15) is 0 Å². The molecule has 0 saturated carbocycles. The Morgan fingerprint density at radius 2 is 1.97 bits per heavy atom. The number of benzene rings is 2. The van der Waals surface area contributed by atoms with Crippen LogP contribution < -0.4 is 15.0 Å². The SMILES string of the molecule is COc1ccc([N+](=O)[O-])cc1N1C(=O)[C@@H]2[C@@H]3CCCN3[C@]3(C(=O)Nc4ccc(Br)cc43)[C@H]2C1=O. The number of halogens is 1. The number of carbonyl (C=O) groups is 3. The van der Waals surface area contributed by atoms with Gasteiger partial charge in [-0.05, 0) is 43.7 Å². The maximum Gasteiger partial charge on any atom is 0.271 e. The van der Waals surface area contributed by atoms with E-state index in [1.165, 1.54) is 25.3 Å². The van der Waals surface area contributed by atoms with Crippen LogP contribution in [-0.4, -0.2) is 47.2 Å². The highest BCUT2D eigenvalue weighted by molar-refractivity contribution is 9.10. The molecule has 11 heteroatoms. The first kappa shape index (κ1) is 21.2. The first-order chi connectivity index (χ1) is 16.3. The van der Waals surface area contributed by atoms with Gasteiger partial charge in [-0.1, -0.05) is 15.9 Å². The highest BCUT2D eigenvalue weighted by Gasteiger charge is 2.74. The number of nitrogens with one attached hydrogen (secondary N) is 1. The van der Waals surface area contributed by atoms with E-state index in [1.54, 1.807) is 6.07 Å². The molecule has 4 aliphatic heterocycles. The van der Waals surface area contributed by atoms with Gasteiger partial charge in [0, 0.05) is 33.9 Å². The summed E-state index contributed by atoms with van der Waals surface area (Å²) < 4.78 is 6.10. The zero-order valence-corrected chi connectivity index (χ0v) is 19.6. The number of imide groups is 1. The lowest BCUT2D eigenvalue weighted by atomic mass is 9.75. The number of nitro groups is 1. The molecule has 4 atom stereocenters. The van der Waals surface area contributed by atoms with Gasteiger partial charge in [-0.3, -0.25) is 29.4 Å². The van der Waals surface area contributed by atoms with Crippen molar-refractivity contribution in [2.45, 2.75) is 24.4 Å². The van der Waals surface area contributed by atoms with E-state index in [0.29, 0.717) is 24.2 Å². The molecule has 2 aromatic rings. The summed E-state index contributed by atoms with van der Waals surface area (Å²) in [5, 5.41) is 14.3. The van der Waals surface area contributed by atoms with E-state index in [4.69, 9.17) is 4.74 Å². The topological polar surface area (TPSA) is 122 Å². The van der Waals surface area contributed by atoms with Crippen molar-refractivity contribution in [1.29, 1.82) is 0 Å². The smallest absolute Gasteiger partial charge is 0.271 e. The van der Waals surface area contributed by atoms with Gasteiger partial charge in [0.2, 0.25) is 17.7 Å². The molecule has 0 aromatic heterocycles. The number of nitrogens with zero attached hydrogens (tertiary/aromatic N) is 3. The Labute approximate surface area is 202 Å². The fourth-order valence-electron chi connectivity index (χ4n) is 6.38. The largest absolute Gasteiger partial charge is 0.495 e. The molecule has 3 saturated heterocycles.